The van der Waals surface area contributed by atoms with E-state index in [2.05, 4.69) is 5.32 Å². The van der Waals surface area contributed by atoms with E-state index in [1.165, 1.54) is 19.1 Å². The monoisotopic (exact) mass is 303 g/mol. The van der Waals surface area contributed by atoms with E-state index in [0.29, 0.717) is 6.42 Å². The Labute approximate surface area is 120 Å². The molecule has 0 aliphatic rings. The molecule has 1 rings (SSSR count). The standard InChI is InChI=1S/C13H15ClFNO4/c1-8(13(19)16-6-2-3-12(17)18)20-11-5-4-9(15)7-10(11)14/h4-5,7-8H,2-3,6H2,1H3,(H,16,19)(H,17,18). The molecule has 20 heavy (non-hydrogen) atoms. The molecular formula is C13H15ClFNO4. The SMILES string of the molecule is CC(Oc1ccc(F)cc1Cl)C(=O)NCCCC(=O)O. The van der Waals surface area contributed by atoms with Gasteiger partial charge in [0.25, 0.3) is 5.91 Å². The van der Waals surface area contributed by atoms with Crippen LogP contribution in [0.15, 0.2) is 18.2 Å². The molecule has 1 atom stereocenters. The van der Waals surface area contributed by atoms with Gasteiger partial charge >= 0.3 is 5.97 Å². The maximum Gasteiger partial charge on any atom is 0.303 e. The van der Waals surface area contributed by atoms with Crippen molar-refractivity contribution < 1.29 is 23.8 Å². The Morgan fingerprint density at radius 3 is 2.80 bits per heavy atom. The molecule has 0 bridgehead atoms. The summed E-state index contributed by atoms with van der Waals surface area (Å²) in [5.41, 5.74) is 0. The van der Waals surface area contributed by atoms with Gasteiger partial charge in [-0.15, -0.1) is 0 Å². The third-order valence-electron chi connectivity index (χ3n) is 2.43. The molecule has 110 valence electrons. The molecule has 7 heteroatoms. The predicted molar refractivity (Wildman–Crippen MR) is 71.4 cm³/mol. The number of carboxylic acids is 1. The number of rotatable bonds is 7. The van der Waals surface area contributed by atoms with Crippen LogP contribution in [0.2, 0.25) is 5.02 Å². The number of hydrogen-bond acceptors (Lipinski definition) is 3. The second-order valence-corrected chi connectivity index (χ2v) is 4.53. The summed E-state index contributed by atoms with van der Waals surface area (Å²) in [6, 6.07) is 3.61. The summed E-state index contributed by atoms with van der Waals surface area (Å²) >= 11 is 5.78. The van der Waals surface area contributed by atoms with Crippen molar-refractivity contribution in [3.63, 3.8) is 0 Å². The number of hydrogen-bond donors (Lipinski definition) is 2. The third kappa shape index (κ3) is 5.44. The lowest BCUT2D eigenvalue weighted by molar-refractivity contribution is -0.137. The third-order valence-corrected chi connectivity index (χ3v) is 2.73. The number of aliphatic carboxylic acids is 1. The normalized spacial score (nSPS) is 11.8. The first-order valence-electron chi connectivity index (χ1n) is 6.01. The minimum absolute atomic E-state index is 0.0146. The summed E-state index contributed by atoms with van der Waals surface area (Å²) in [4.78, 5) is 22.0. The van der Waals surface area contributed by atoms with Crippen LogP contribution in [0.25, 0.3) is 0 Å². The minimum atomic E-state index is -0.915. The van der Waals surface area contributed by atoms with Gasteiger partial charge in [-0.25, -0.2) is 4.39 Å². The van der Waals surface area contributed by atoms with Gasteiger partial charge in [0.1, 0.15) is 11.6 Å². The molecule has 0 fully saturated rings. The Morgan fingerprint density at radius 2 is 2.20 bits per heavy atom. The van der Waals surface area contributed by atoms with Crippen molar-refractivity contribution in [1.82, 2.24) is 5.32 Å². The molecule has 0 radical (unpaired) electrons. The zero-order valence-electron chi connectivity index (χ0n) is 10.9. The number of benzene rings is 1. The van der Waals surface area contributed by atoms with Crippen molar-refractivity contribution in [2.75, 3.05) is 6.54 Å². The van der Waals surface area contributed by atoms with Crippen LogP contribution >= 0.6 is 11.6 Å². The molecule has 0 aliphatic heterocycles. The van der Waals surface area contributed by atoms with E-state index in [9.17, 15) is 14.0 Å². The highest BCUT2D eigenvalue weighted by atomic mass is 35.5. The van der Waals surface area contributed by atoms with Crippen molar-refractivity contribution in [2.24, 2.45) is 0 Å². The van der Waals surface area contributed by atoms with E-state index in [-0.39, 0.29) is 23.7 Å². The Hall–Kier alpha value is -1.82. The molecule has 0 aromatic heterocycles. The molecule has 1 aromatic rings. The second kappa shape index (κ2) is 7.69. The Kier molecular flexibility index (Phi) is 6.24. The van der Waals surface area contributed by atoms with Crippen molar-refractivity contribution in [2.45, 2.75) is 25.9 Å². The lowest BCUT2D eigenvalue weighted by atomic mass is 10.3. The first kappa shape index (κ1) is 16.2. The summed E-state index contributed by atoms with van der Waals surface area (Å²) in [6.45, 7) is 1.77. The molecule has 5 nitrogen and oxygen atoms in total. The highest BCUT2D eigenvalue weighted by Gasteiger charge is 2.15. The van der Waals surface area contributed by atoms with Gasteiger partial charge in [-0.2, -0.15) is 0 Å². The second-order valence-electron chi connectivity index (χ2n) is 4.12. The lowest BCUT2D eigenvalue weighted by Crippen LogP contribution is -2.37. The van der Waals surface area contributed by atoms with Gasteiger partial charge in [0, 0.05) is 13.0 Å². The van der Waals surface area contributed by atoms with Crippen LogP contribution in [0.3, 0.4) is 0 Å². The van der Waals surface area contributed by atoms with Crippen LogP contribution < -0.4 is 10.1 Å². The van der Waals surface area contributed by atoms with Gasteiger partial charge in [-0.3, -0.25) is 9.59 Å². The molecule has 0 saturated carbocycles. The summed E-state index contributed by atoms with van der Waals surface area (Å²) in [7, 11) is 0. The zero-order chi connectivity index (χ0) is 15.1. The topological polar surface area (TPSA) is 75.6 Å². The Balaban J connectivity index is 2.43. The number of carbonyl (C=O) groups is 2. The van der Waals surface area contributed by atoms with Crippen LogP contribution in [0.5, 0.6) is 5.75 Å². The van der Waals surface area contributed by atoms with Gasteiger partial charge < -0.3 is 15.2 Å². The molecular weight excluding hydrogens is 289 g/mol. The molecule has 1 aromatic carbocycles. The van der Waals surface area contributed by atoms with E-state index in [0.717, 1.165) is 6.07 Å². The maximum atomic E-state index is 12.8. The van der Waals surface area contributed by atoms with E-state index in [4.69, 9.17) is 21.4 Å². The van der Waals surface area contributed by atoms with Gasteiger partial charge in [0.2, 0.25) is 0 Å². The number of carboxylic acid groups (broad SMARTS) is 1. The average Bonchev–Trinajstić information content (AvgIpc) is 2.37. The summed E-state index contributed by atoms with van der Waals surface area (Å²) in [5.74, 6) is -1.59. The van der Waals surface area contributed by atoms with Crippen LogP contribution in [0.4, 0.5) is 4.39 Å². The van der Waals surface area contributed by atoms with Crippen LogP contribution in [-0.2, 0) is 9.59 Å². The predicted octanol–water partition coefficient (Wildman–Crippen LogP) is 2.23. The van der Waals surface area contributed by atoms with Gasteiger partial charge in [-0.1, -0.05) is 11.6 Å². The number of ether oxygens (including phenoxy) is 1. The largest absolute Gasteiger partial charge is 0.481 e. The minimum Gasteiger partial charge on any atom is -0.481 e. The highest BCUT2D eigenvalue weighted by Crippen LogP contribution is 2.25. The molecule has 1 unspecified atom stereocenters. The summed E-state index contributed by atoms with van der Waals surface area (Å²) < 4.78 is 18.2. The van der Waals surface area contributed by atoms with E-state index in [1.54, 1.807) is 0 Å². The van der Waals surface area contributed by atoms with E-state index in [1.807, 2.05) is 0 Å². The van der Waals surface area contributed by atoms with Gasteiger partial charge in [0.05, 0.1) is 5.02 Å². The van der Waals surface area contributed by atoms with Crippen molar-refractivity contribution in [1.29, 1.82) is 0 Å². The first-order chi connectivity index (χ1) is 9.40. The first-order valence-corrected chi connectivity index (χ1v) is 6.39. The molecule has 0 spiro atoms. The van der Waals surface area contributed by atoms with E-state index >= 15 is 0 Å². The van der Waals surface area contributed by atoms with Crippen LogP contribution in [-0.4, -0.2) is 29.6 Å². The fourth-order valence-electron chi connectivity index (χ4n) is 1.41. The van der Waals surface area contributed by atoms with E-state index < -0.39 is 23.8 Å². The number of amides is 1. The highest BCUT2D eigenvalue weighted by molar-refractivity contribution is 6.32. The lowest BCUT2D eigenvalue weighted by Gasteiger charge is -2.15. The molecule has 0 saturated heterocycles. The fourth-order valence-corrected chi connectivity index (χ4v) is 1.62. The average molecular weight is 304 g/mol. The smallest absolute Gasteiger partial charge is 0.303 e. The van der Waals surface area contributed by atoms with Gasteiger partial charge in [0.15, 0.2) is 6.10 Å². The summed E-state index contributed by atoms with van der Waals surface area (Å²) in [6.07, 6.45) is -0.493. The van der Waals surface area contributed by atoms with Crippen LogP contribution in [0.1, 0.15) is 19.8 Å². The fraction of sp³-hybridized carbons (Fsp3) is 0.385. The Morgan fingerprint density at radius 1 is 1.50 bits per heavy atom. The summed E-state index contributed by atoms with van der Waals surface area (Å²) in [5, 5.41) is 11.1. The van der Waals surface area contributed by atoms with Crippen molar-refractivity contribution >= 4 is 23.5 Å². The number of halogens is 2. The van der Waals surface area contributed by atoms with Crippen molar-refractivity contribution in [3.05, 3.63) is 29.0 Å². The molecule has 0 aliphatic carbocycles. The molecule has 1 amide bonds. The molecule has 0 heterocycles. The maximum absolute atomic E-state index is 12.8. The van der Waals surface area contributed by atoms with Gasteiger partial charge in [-0.05, 0) is 31.5 Å². The van der Waals surface area contributed by atoms with Crippen molar-refractivity contribution in [3.8, 4) is 5.75 Å². The number of nitrogens with one attached hydrogen (secondary N) is 1. The molecule has 2 N–H and O–H groups in total. The van der Waals surface area contributed by atoms with Crippen LogP contribution in [0, 0.1) is 5.82 Å². The Bertz CT molecular complexity index is 495. The zero-order valence-corrected chi connectivity index (χ0v) is 11.6. The quantitative estimate of drug-likeness (QED) is 0.757. The number of carbonyl (C=O) groups excluding carboxylic acids is 1.